The minimum atomic E-state index is -4.93. The van der Waals surface area contributed by atoms with Crippen LogP contribution in [0.4, 0.5) is 0 Å². The van der Waals surface area contributed by atoms with Crippen LogP contribution in [0, 0.1) is 0 Å². The van der Waals surface area contributed by atoms with Crippen LogP contribution in [-0.4, -0.2) is 98.4 Å². The van der Waals surface area contributed by atoms with Gasteiger partial charge in [0.2, 0.25) is 11.8 Å². The molecule has 0 fully saturated rings. The van der Waals surface area contributed by atoms with Gasteiger partial charge < -0.3 is 39.9 Å². The number of unbranched alkanes of at least 4 members (excludes halogenated alkanes) is 22. The first-order valence-electron chi connectivity index (χ1n) is 24.9. The molecule has 0 saturated carbocycles. The van der Waals surface area contributed by atoms with Crippen molar-refractivity contribution in [2.75, 3.05) is 26.3 Å². The molecule has 2 atom stereocenters. The summed E-state index contributed by atoms with van der Waals surface area (Å²) in [4.78, 5) is 67.8. The Balaban J connectivity index is -0.000000605. The molecule has 0 spiro atoms. The Kier molecular flexibility index (Phi) is 54.0. The number of carboxylic acid groups (broad SMARTS) is 2. The number of carboxylic acids is 2. The molecule has 0 rings (SSSR count). The number of rotatable bonds is 44. The van der Waals surface area contributed by atoms with E-state index < -0.39 is 67.5 Å². The Morgan fingerprint density at radius 3 is 0.971 bits per heavy atom. The van der Waals surface area contributed by atoms with Gasteiger partial charge in [0.1, 0.15) is 13.2 Å². The summed E-state index contributed by atoms with van der Waals surface area (Å²) < 4.78 is 71.3. The van der Waals surface area contributed by atoms with Gasteiger partial charge in [0.25, 0.3) is 20.2 Å². The standard InChI is InChI=1S/2C24H43NO8S.2Na/c2*1-2-3-4-5-6-7-8-9-10-11-12-13-14-15-16-17-22(26)25-18-19-33-24(29)21(20-23(27)28)34(30,31)32;;/h2*9-10,21H,2-8,11-20H2,1H3,(H,25,26)(H,27,28)(H,30,31,32);;/q;;2*+1/p-2/b2*10-9-;;. The summed E-state index contributed by atoms with van der Waals surface area (Å²) in [6, 6.07) is 0. The molecule has 0 aliphatic heterocycles. The van der Waals surface area contributed by atoms with Gasteiger partial charge in [-0.2, -0.15) is 16.8 Å². The van der Waals surface area contributed by atoms with Crippen molar-refractivity contribution in [2.24, 2.45) is 0 Å². The van der Waals surface area contributed by atoms with Gasteiger partial charge in [-0.25, -0.2) is 0 Å². The van der Waals surface area contributed by atoms with Crippen LogP contribution in [-0.2, 0) is 58.5 Å². The number of allylic oxidation sites excluding steroid dienone is 4. The van der Waals surface area contributed by atoms with Gasteiger partial charge >= 0.3 is 71.1 Å². The maximum absolute atomic E-state index is 11.8. The Labute approximate surface area is 463 Å². The normalized spacial score (nSPS) is 12.2. The number of hydrogen-bond donors (Lipinski definition) is 4. The maximum atomic E-state index is 11.8. The second-order valence-electron chi connectivity index (χ2n) is 16.9. The van der Waals surface area contributed by atoms with Crippen LogP contribution in [0.25, 0.3) is 0 Å². The van der Waals surface area contributed by atoms with Gasteiger partial charge in [-0.05, 0) is 64.2 Å². The van der Waals surface area contributed by atoms with E-state index in [1.54, 1.807) is 0 Å². The molecule has 18 nitrogen and oxygen atoms in total. The van der Waals surface area contributed by atoms with Gasteiger partial charge in [-0.3, -0.25) is 28.3 Å². The molecule has 0 heterocycles. The Hall–Kier alpha value is -1.88. The molecule has 396 valence electrons. The van der Waals surface area contributed by atoms with E-state index in [1.807, 2.05) is 0 Å². The topological polar surface area (TPSA) is 300 Å². The van der Waals surface area contributed by atoms with Crippen LogP contribution < -0.4 is 80.0 Å². The van der Waals surface area contributed by atoms with E-state index in [4.69, 9.17) is 9.11 Å². The summed E-state index contributed by atoms with van der Waals surface area (Å²) in [6.07, 6.45) is 37.8. The van der Waals surface area contributed by atoms with Crippen LogP contribution in [0.3, 0.4) is 0 Å². The van der Waals surface area contributed by atoms with Crippen LogP contribution in [0.15, 0.2) is 24.3 Å². The summed E-state index contributed by atoms with van der Waals surface area (Å²) in [5.74, 6) is -6.86. The zero-order valence-corrected chi connectivity index (χ0v) is 48.6. The van der Waals surface area contributed by atoms with Gasteiger partial charge in [-0.1, -0.05) is 141 Å². The van der Waals surface area contributed by atoms with Crippen molar-refractivity contribution in [1.29, 1.82) is 0 Å². The molecule has 2 unspecified atom stereocenters. The van der Waals surface area contributed by atoms with Crippen molar-refractivity contribution < 1.29 is 134 Å². The number of esters is 2. The average Bonchev–Trinajstić information content (AvgIpc) is 3.26. The van der Waals surface area contributed by atoms with Crippen molar-refractivity contribution >= 4 is 55.9 Å². The number of hydrogen-bond acceptors (Lipinski definition) is 14. The zero-order chi connectivity index (χ0) is 51.3. The summed E-state index contributed by atoms with van der Waals surface area (Å²) in [5.41, 5.74) is 0. The van der Waals surface area contributed by atoms with Gasteiger partial charge in [0, 0.05) is 37.6 Å². The molecule has 0 aromatic rings. The maximum Gasteiger partial charge on any atom is 1.00 e. The summed E-state index contributed by atoms with van der Waals surface area (Å²) >= 11 is 0. The van der Waals surface area contributed by atoms with E-state index in [2.05, 4.69) is 58.3 Å². The minimum Gasteiger partial charge on any atom is -0.550 e. The second-order valence-corrected chi connectivity index (χ2v) is 20.1. The Morgan fingerprint density at radius 2 is 0.714 bits per heavy atom. The van der Waals surface area contributed by atoms with Crippen LogP contribution in [0.2, 0.25) is 0 Å². The predicted octanol–water partition coefficient (Wildman–Crippen LogP) is 0.167. The fraction of sp³-hybridized carbons (Fsp3) is 0.792. The molecule has 70 heavy (non-hydrogen) atoms. The number of ether oxygens (including phenoxy) is 2. The SMILES string of the molecule is CCCCCCCC/C=C\CCCCCCCC(=O)NCCOC(=O)C(CC(=O)[O-])S(=O)(=O)O.CCCCCCCC/C=C\CCCCCCCC(=O)NCCOC(=O)C(CC(=O)[O-])S(=O)(=O)O.[Na+].[Na+]. The number of aliphatic carboxylic acids is 2. The van der Waals surface area contributed by atoms with Crippen molar-refractivity contribution in [3.63, 3.8) is 0 Å². The minimum absolute atomic E-state index is 0. The van der Waals surface area contributed by atoms with Crippen molar-refractivity contribution in [2.45, 2.75) is 217 Å². The monoisotopic (exact) mass is 1050 g/mol. The molecule has 0 aromatic heterocycles. The molecular formula is C48H84N2Na2O16S2. The third-order valence-electron chi connectivity index (χ3n) is 10.6. The van der Waals surface area contributed by atoms with E-state index in [1.165, 1.54) is 89.9 Å². The van der Waals surface area contributed by atoms with Gasteiger partial charge in [-0.15, -0.1) is 0 Å². The fourth-order valence-electron chi connectivity index (χ4n) is 6.68. The molecule has 2 amide bonds. The third-order valence-corrected chi connectivity index (χ3v) is 12.8. The van der Waals surface area contributed by atoms with Crippen molar-refractivity contribution in [3.05, 3.63) is 24.3 Å². The number of carbonyl (C=O) groups excluding carboxylic acids is 6. The van der Waals surface area contributed by atoms with Crippen molar-refractivity contribution in [3.8, 4) is 0 Å². The zero-order valence-electron chi connectivity index (χ0n) is 42.9. The van der Waals surface area contributed by atoms with Gasteiger partial charge in [0.05, 0.1) is 13.1 Å². The predicted molar refractivity (Wildman–Crippen MR) is 257 cm³/mol. The summed E-state index contributed by atoms with van der Waals surface area (Å²) in [7, 11) is -9.86. The van der Waals surface area contributed by atoms with Crippen LogP contribution >= 0.6 is 0 Å². The van der Waals surface area contributed by atoms with Gasteiger partial charge in [0.15, 0.2) is 10.5 Å². The largest absolute Gasteiger partial charge is 1.00 e. The molecule has 0 aromatic carbocycles. The Bertz CT molecular complexity index is 1540. The molecule has 22 heteroatoms. The van der Waals surface area contributed by atoms with Crippen molar-refractivity contribution in [1.82, 2.24) is 10.6 Å². The molecular weight excluding hydrogens is 971 g/mol. The van der Waals surface area contributed by atoms with E-state index in [9.17, 15) is 55.8 Å². The third kappa shape index (κ3) is 51.0. The summed E-state index contributed by atoms with van der Waals surface area (Å²) in [5, 5.41) is 21.6. The molecule has 0 aliphatic rings. The molecule has 4 N–H and O–H groups in total. The molecule has 0 aliphatic carbocycles. The molecule has 0 bridgehead atoms. The quantitative estimate of drug-likeness (QED) is 0.0208. The van der Waals surface area contributed by atoms with E-state index in [-0.39, 0.29) is 97.2 Å². The summed E-state index contributed by atoms with van der Waals surface area (Å²) in [6.45, 7) is 3.70. The van der Waals surface area contributed by atoms with E-state index in [0.717, 1.165) is 77.0 Å². The number of nitrogens with one attached hydrogen (secondary N) is 2. The first-order valence-corrected chi connectivity index (χ1v) is 27.9. The Morgan fingerprint density at radius 1 is 0.457 bits per heavy atom. The second kappa shape index (κ2) is 50.6. The fourth-order valence-corrected chi connectivity index (χ4v) is 8.00. The van der Waals surface area contributed by atoms with Crippen LogP contribution in [0.5, 0.6) is 0 Å². The van der Waals surface area contributed by atoms with E-state index >= 15 is 0 Å². The van der Waals surface area contributed by atoms with E-state index in [0.29, 0.717) is 12.8 Å². The smallest absolute Gasteiger partial charge is 0.550 e. The van der Waals surface area contributed by atoms with Crippen LogP contribution in [0.1, 0.15) is 206 Å². The molecule has 0 saturated heterocycles. The number of carbonyl (C=O) groups is 6. The average molecular weight is 1060 g/mol. The first-order chi connectivity index (χ1) is 32.4. The molecule has 0 radical (unpaired) electrons. The first kappa shape index (κ1) is 74.6. The number of amides is 2.